The minimum atomic E-state index is -1.20. The second kappa shape index (κ2) is 6.34. The molecule has 1 aliphatic carbocycles. The minimum absolute atomic E-state index is 0.0500. The highest BCUT2D eigenvalue weighted by Crippen LogP contribution is 2.37. The van der Waals surface area contributed by atoms with Crippen molar-refractivity contribution in [1.29, 1.82) is 0 Å². The van der Waals surface area contributed by atoms with Crippen LogP contribution < -0.4 is 5.32 Å². The number of hydrogen-bond acceptors (Lipinski definition) is 4. The molecule has 7 heteroatoms. The molecule has 0 saturated heterocycles. The molecule has 5 nitrogen and oxygen atoms in total. The molecule has 1 aromatic carbocycles. The second-order valence-electron chi connectivity index (χ2n) is 5.61. The van der Waals surface area contributed by atoms with Crippen molar-refractivity contribution in [2.75, 3.05) is 18.5 Å². The van der Waals surface area contributed by atoms with Crippen LogP contribution in [-0.2, 0) is 0 Å². The third-order valence-corrected chi connectivity index (χ3v) is 4.11. The van der Waals surface area contributed by atoms with E-state index in [4.69, 9.17) is 0 Å². The van der Waals surface area contributed by atoms with E-state index < -0.39 is 22.2 Å². The van der Waals surface area contributed by atoms with Gasteiger partial charge in [0, 0.05) is 24.1 Å². The molecule has 1 saturated carbocycles. The van der Waals surface area contributed by atoms with Gasteiger partial charge in [-0.15, -0.1) is 0 Å². The zero-order chi connectivity index (χ0) is 15.5. The number of nitro groups is 1. The van der Waals surface area contributed by atoms with Crippen LogP contribution in [0.5, 0.6) is 0 Å². The van der Waals surface area contributed by atoms with Crippen LogP contribution in [0.1, 0.15) is 32.1 Å². The molecular formula is C14H18F2N2O3. The van der Waals surface area contributed by atoms with E-state index in [1.165, 1.54) is 0 Å². The molecule has 1 aromatic rings. The molecule has 0 bridgehead atoms. The summed E-state index contributed by atoms with van der Waals surface area (Å²) in [7, 11) is 0. The zero-order valence-corrected chi connectivity index (χ0v) is 11.6. The monoisotopic (exact) mass is 300 g/mol. The quantitative estimate of drug-likeness (QED) is 0.646. The number of nitro benzene ring substituents is 1. The van der Waals surface area contributed by atoms with Crippen LogP contribution >= 0.6 is 0 Å². The summed E-state index contributed by atoms with van der Waals surface area (Å²) >= 11 is 0. The molecule has 116 valence electrons. The van der Waals surface area contributed by atoms with Gasteiger partial charge in [-0.1, -0.05) is 19.3 Å². The number of nitrogens with zero attached hydrogens (tertiary/aromatic N) is 1. The Morgan fingerprint density at radius 2 is 1.95 bits per heavy atom. The molecule has 2 N–H and O–H groups in total. The molecule has 2 rings (SSSR count). The number of aliphatic hydroxyl groups excluding tert-OH is 1. The molecule has 1 aliphatic rings. The van der Waals surface area contributed by atoms with Gasteiger partial charge in [-0.05, 0) is 12.8 Å². The van der Waals surface area contributed by atoms with Gasteiger partial charge in [0.25, 0.3) is 0 Å². The molecule has 0 aliphatic heterocycles. The van der Waals surface area contributed by atoms with Crippen molar-refractivity contribution >= 4 is 11.4 Å². The second-order valence-corrected chi connectivity index (χ2v) is 5.61. The standard InChI is InChI=1S/C14H18F2N2O3/c15-10-6-11(16)13(18(20)21)12(7-10)17-8-14(9-19)4-2-1-3-5-14/h6-7,17,19H,1-5,8-9H2. The van der Waals surface area contributed by atoms with Gasteiger partial charge in [-0.2, -0.15) is 4.39 Å². The summed E-state index contributed by atoms with van der Waals surface area (Å²) in [5.41, 5.74) is -1.33. The topological polar surface area (TPSA) is 75.4 Å². The normalized spacial score (nSPS) is 17.5. The van der Waals surface area contributed by atoms with E-state index in [0.717, 1.165) is 38.2 Å². The van der Waals surface area contributed by atoms with Crippen molar-refractivity contribution in [3.63, 3.8) is 0 Å². The van der Waals surface area contributed by atoms with Gasteiger partial charge < -0.3 is 10.4 Å². The number of rotatable bonds is 5. The lowest BCUT2D eigenvalue weighted by atomic mass is 9.74. The first kappa shape index (κ1) is 15.6. The predicted molar refractivity (Wildman–Crippen MR) is 74.1 cm³/mol. The number of hydrogen-bond donors (Lipinski definition) is 2. The van der Waals surface area contributed by atoms with Gasteiger partial charge in [0.1, 0.15) is 11.5 Å². The number of aliphatic hydroxyl groups is 1. The summed E-state index contributed by atoms with van der Waals surface area (Å²) in [6, 6.07) is 1.40. The van der Waals surface area contributed by atoms with Crippen LogP contribution in [0, 0.1) is 27.2 Å². The van der Waals surface area contributed by atoms with Crippen LogP contribution in [0.3, 0.4) is 0 Å². The largest absolute Gasteiger partial charge is 0.396 e. The van der Waals surface area contributed by atoms with Crippen LogP contribution in [0.15, 0.2) is 12.1 Å². The highest BCUT2D eigenvalue weighted by Gasteiger charge is 2.32. The molecule has 0 amide bonds. The highest BCUT2D eigenvalue weighted by atomic mass is 19.1. The van der Waals surface area contributed by atoms with Crippen molar-refractivity contribution in [2.45, 2.75) is 32.1 Å². The maximum absolute atomic E-state index is 13.5. The maximum Gasteiger partial charge on any atom is 0.327 e. The molecule has 0 aromatic heterocycles. The molecule has 0 radical (unpaired) electrons. The Hall–Kier alpha value is -1.76. The molecular weight excluding hydrogens is 282 g/mol. The Kier molecular flexibility index (Phi) is 4.72. The lowest BCUT2D eigenvalue weighted by molar-refractivity contribution is -0.386. The van der Waals surface area contributed by atoms with E-state index in [9.17, 15) is 24.0 Å². The third kappa shape index (κ3) is 3.47. The Labute approximate surface area is 121 Å². The van der Waals surface area contributed by atoms with Gasteiger partial charge in [0.2, 0.25) is 5.82 Å². The first-order valence-electron chi connectivity index (χ1n) is 6.96. The van der Waals surface area contributed by atoms with Gasteiger partial charge in [0.15, 0.2) is 0 Å². The molecule has 0 unspecified atom stereocenters. The lowest BCUT2D eigenvalue weighted by Crippen LogP contribution is -2.35. The van der Waals surface area contributed by atoms with Crippen LogP contribution in [0.4, 0.5) is 20.2 Å². The summed E-state index contributed by atoms with van der Waals surface area (Å²) in [5.74, 6) is -2.08. The van der Waals surface area contributed by atoms with E-state index in [-0.39, 0.29) is 24.3 Å². The number of anilines is 1. The summed E-state index contributed by atoms with van der Waals surface area (Å²) < 4.78 is 26.8. The summed E-state index contributed by atoms with van der Waals surface area (Å²) in [6.07, 6.45) is 4.63. The first-order valence-corrected chi connectivity index (χ1v) is 6.96. The first-order chi connectivity index (χ1) is 9.97. The lowest BCUT2D eigenvalue weighted by Gasteiger charge is -2.35. The van der Waals surface area contributed by atoms with E-state index in [0.29, 0.717) is 6.07 Å². The average Bonchev–Trinajstić information content (AvgIpc) is 2.45. The van der Waals surface area contributed by atoms with E-state index in [1.54, 1.807) is 0 Å². The Morgan fingerprint density at radius 1 is 1.29 bits per heavy atom. The molecule has 0 spiro atoms. The smallest absolute Gasteiger partial charge is 0.327 e. The summed E-state index contributed by atoms with van der Waals surface area (Å²) in [6.45, 7) is 0.207. The molecule has 1 fully saturated rings. The average molecular weight is 300 g/mol. The summed E-state index contributed by atoms with van der Waals surface area (Å²) in [4.78, 5) is 10.0. The number of benzene rings is 1. The van der Waals surface area contributed by atoms with E-state index >= 15 is 0 Å². The van der Waals surface area contributed by atoms with E-state index in [1.807, 2.05) is 0 Å². The van der Waals surface area contributed by atoms with Crippen molar-refractivity contribution in [1.82, 2.24) is 0 Å². The SMILES string of the molecule is O=[N+]([O-])c1c(F)cc(F)cc1NCC1(CO)CCCCC1. The fourth-order valence-electron chi connectivity index (χ4n) is 2.86. The zero-order valence-electron chi connectivity index (χ0n) is 11.6. The number of nitrogens with one attached hydrogen (secondary N) is 1. The predicted octanol–water partition coefficient (Wildman–Crippen LogP) is 3.23. The number of halogens is 2. The van der Waals surface area contributed by atoms with Crippen molar-refractivity contribution in [3.05, 3.63) is 33.9 Å². The fraction of sp³-hybridized carbons (Fsp3) is 0.571. The third-order valence-electron chi connectivity index (χ3n) is 4.11. The minimum Gasteiger partial charge on any atom is -0.396 e. The molecule has 0 heterocycles. The summed E-state index contributed by atoms with van der Waals surface area (Å²) in [5, 5.41) is 23.2. The van der Waals surface area contributed by atoms with Gasteiger partial charge in [0.05, 0.1) is 11.5 Å². The van der Waals surface area contributed by atoms with Crippen LogP contribution in [-0.4, -0.2) is 23.2 Å². The molecule has 21 heavy (non-hydrogen) atoms. The van der Waals surface area contributed by atoms with Crippen molar-refractivity contribution in [2.24, 2.45) is 5.41 Å². The molecule has 0 atom stereocenters. The van der Waals surface area contributed by atoms with Crippen molar-refractivity contribution in [3.8, 4) is 0 Å². The van der Waals surface area contributed by atoms with Crippen molar-refractivity contribution < 1.29 is 18.8 Å². The fourth-order valence-corrected chi connectivity index (χ4v) is 2.86. The Balaban J connectivity index is 2.21. The van der Waals surface area contributed by atoms with Gasteiger partial charge >= 0.3 is 5.69 Å². The Morgan fingerprint density at radius 3 is 2.52 bits per heavy atom. The van der Waals surface area contributed by atoms with Gasteiger partial charge in [-0.25, -0.2) is 4.39 Å². The Bertz CT molecular complexity index is 531. The van der Waals surface area contributed by atoms with Crippen LogP contribution in [0.2, 0.25) is 0 Å². The maximum atomic E-state index is 13.5. The highest BCUT2D eigenvalue weighted by molar-refractivity contribution is 5.62. The van der Waals surface area contributed by atoms with Gasteiger partial charge in [-0.3, -0.25) is 10.1 Å². The van der Waals surface area contributed by atoms with E-state index in [2.05, 4.69) is 5.32 Å². The van der Waals surface area contributed by atoms with Crippen LogP contribution in [0.25, 0.3) is 0 Å².